The highest BCUT2D eigenvalue weighted by Gasteiger charge is 2.10. The number of amides is 2. The topological polar surface area (TPSA) is 76.5 Å². The summed E-state index contributed by atoms with van der Waals surface area (Å²) in [4.78, 5) is 25.1. The van der Waals surface area contributed by atoms with E-state index in [0.717, 1.165) is 0 Å². The molecular formula is C15H18N4O3. The highest BCUT2D eigenvalue weighted by molar-refractivity contribution is 6.04. The number of aromatic nitrogens is 2. The fraction of sp³-hybridized carbons (Fsp3) is 0.267. The molecule has 0 aliphatic rings. The number of hydrogen-bond acceptors (Lipinski definition) is 4. The first kappa shape index (κ1) is 15.6. The molecule has 1 aromatic carbocycles. The van der Waals surface area contributed by atoms with Crippen molar-refractivity contribution in [2.45, 2.75) is 0 Å². The average Bonchev–Trinajstić information content (AvgIpc) is 2.90. The summed E-state index contributed by atoms with van der Waals surface area (Å²) in [5, 5.41) is 6.72. The van der Waals surface area contributed by atoms with Crippen molar-refractivity contribution in [3.8, 4) is 5.75 Å². The van der Waals surface area contributed by atoms with Crippen molar-refractivity contribution in [1.29, 1.82) is 0 Å². The van der Waals surface area contributed by atoms with Gasteiger partial charge < -0.3 is 15.0 Å². The second kappa shape index (κ2) is 6.75. The van der Waals surface area contributed by atoms with Crippen molar-refractivity contribution in [3.63, 3.8) is 0 Å². The first-order valence-corrected chi connectivity index (χ1v) is 6.68. The number of rotatable bonds is 5. The number of ether oxygens (including phenoxy) is 1. The molecule has 7 nitrogen and oxygen atoms in total. The lowest BCUT2D eigenvalue weighted by Crippen LogP contribution is -2.27. The van der Waals surface area contributed by atoms with Crippen LogP contribution < -0.4 is 10.1 Å². The van der Waals surface area contributed by atoms with E-state index in [1.54, 1.807) is 62.5 Å². The van der Waals surface area contributed by atoms with Gasteiger partial charge in [-0.1, -0.05) is 6.07 Å². The Hall–Kier alpha value is -2.83. The summed E-state index contributed by atoms with van der Waals surface area (Å²) in [5.74, 6) is 0.0524. The molecule has 116 valence electrons. The van der Waals surface area contributed by atoms with E-state index in [9.17, 15) is 9.59 Å². The van der Waals surface area contributed by atoms with E-state index in [-0.39, 0.29) is 18.4 Å². The van der Waals surface area contributed by atoms with Crippen LogP contribution in [0.3, 0.4) is 0 Å². The minimum absolute atomic E-state index is 0.0688. The van der Waals surface area contributed by atoms with Crippen LogP contribution in [0.25, 0.3) is 0 Å². The number of nitrogens with one attached hydrogen (secondary N) is 1. The molecule has 0 fully saturated rings. The van der Waals surface area contributed by atoms with Gasteiger partial charge in [-0.05, 0) is 18.2 Å². The molecule has 22 heavy (non-hydrogen) atoms. The Kier molecular flexibility index (Phi) is 4.77. The number of carbonyl (C=O) groups excluding carboxylic acids is 2. The highest BCUT2D eigenvalue weighted by Crippen LogP contribution is 2.15. The Morgan fingerprint density at radius 1 is 1.36 bits per heavy atom. The molecule has 2 amide bonds. The molecule has 1 heterocycles. The van der Waals surface area contributed by atoms with Crippen LogP contribution in [0.5, 0.6) is 5.75 Å². The van der Waals surface area contributed by atoms with Gasteiger partial charge in [0.25, 0.3) is 11.8 Å². The molecule has 2 aromatic rings. The molecule has 0 radical (unpaired) electrons. The molecule has 0 saturated heterocycles. The minimum Gasteiger partial charge on any atom is -0.484 e. The minimum atomic E-state index is -0.266. The quantitative estimate of drug-likeness (QED) is 0.898. The maximum absolute atomic E-state index is 12.1. The lowest BCUT2D eigenvalue weighted by Gasteiger charge is -2.11. The van der Waals surface area contributed by atoms with Gasteiger partial charge in [0.15, 0.2) is 6.61 Å². The summed E-state index contributed by atoms with van der Waals surface area (Å²) >= 11 is 0. The fourth-order valence-electron chi connectivity index (χ4n) is 1.69. The molecule has 0 bridgehead atoms. The number of benzene rings is 1. The van der Waals surface area contributed by atoms with E-state index in [4.69, 9.17) is 4.74 Å². The Morgan fingerprint density at radius 2 is 2.14 bits per heavy atom. The second-order valence-corrected chi connectivity index (χ2v) is 4.96. The molecule has 2 rings (SSSR count). The maximum atomic E-state index is 12.1. The van der Waals surface area contributed by atoms with E-state index >= 15 is 0 Å². The van der Waals surface area contributed by atoms with Crippen LogP contribution in [0, 0.1) is 0 Å². The van der Waals surface area contributed by atoms with Crippen molar-refractivity contribution in [1.82, 2.24) is 14.7 Å². The summed E-state index contributed by atoms with van der Waals surface area (Å²) in [7, 11) is 5.08. The largest absolute Gasteiger partial charge is 0.484 e. The van der Waals surface area contributed by atoms with Gasteiger partial charge in [-0.3, -0.25) is 14.3 Å². The van der Waals surface area contributed by atoms with E-state index in [1.807, 2.05) is 0 Å². The number of nitrogens with zero attached hydrogens (tertiary/aromatic N) is 3. The standard InChI is InChI=1S/C15H18N4O3/c1-18(2)14(20)10-22-13-6-4-5-11(7-13)15(21)17-12-8-16-19(3)9-12/h4-9H,10H2,1-3H3,(H,17,21). The Balaban J connectivity index is 2.01. The van der Waals surface area contributed by atoms with Crippen LogP contribution in [-0.2, 0) is 11.8 Å². The van der Waals surface area contributed by atoms with Gasteiger partial charge >= 0.3 is 0 Å². The smallest absolute Gasteiger partial charge is 0.259 e. The SMILES string of the molecule is CN(C)C(=O)COc1cccc(C(=O)Nc2cnn(C)c2)c1. The van der Waals surface area contributed by atoms with Crippen molar-refractivity contribution in [2.24, 2.45) is 7.05 Å². The summed E-state index contributed by atoms with van der Waals surface area (Å²) in [5.41, 5.74) is 1.06. The van der Waals surface area contributed by atoms with Gasteiger partial charge in [0.05, 0.1) is 11.9 Å². The summed E-state index contributed by atoms with van der Waals surface area (Å²) in [6.45, 7) is -0.0688. The lowest BCUT2D eigenvalue weighted by atomic mass is 10.2. The van der Waals surface area contributed by atoms with Crippen LogP contribution in [-0.4, -0.2) is 47.2 Å². The molecular weight excluding hydrogens is 284 g/mol. The zero-order valence-corrected chi connectivity index (χ0v) is 12.7. The summed E-state index contributed by atoms with van der Waals surface area (Å²) in [6, 6.07) is 6.67. The third-order valence-corrected chi connectivity index (χ3v) is 2.92. The first-order chi connectivity index (χ1) is 10.5. The van der Waals surface area contributed by atoms with Crippen LogP contribution in [0.1, 0.15) is 10.4 Å². The maximum Gasteiger partial charge on any atom is 0.259 e. The molecule has 0 aliphatic heterocycles. The molecule has 0 saturated carbocycles. The number of hydrogen-bond donors (Lipinski definition) is 1. The Labute approximate surface area is 128 Å². The van der Waals surface area contributed by atoms with E-state index in [1.165, 1.54) is 4.90 Å². The van der Waals surface area contributed by atoms with Crippen LogP contribution in [0.4, 0.5) is 5.69 Å². The molecule has 1 N–H and O–H groups in total. The van der Waals surface area contributed by atoms with Crippen LogP contribution >= 0.6 is 0 Å². The van der Waals surface area contributed by atoms with Gasteiger partial charge in [0.1, 0.15) is 5.75 Å². The normalized spacial score (nSPS) is 10.1. The molecule has 0 unspecified atom stereocenters. The van der Waals surface area contributed by atoms with E-state index in [2.05, 4.69) is 10.4 Å². The van der Waals surface area contributed by atoms with Crippen molar-refractivity contribution < 1.29 is 14.3 Å². The predicted molar refractivity (Wildman–Crippen MR) is 81.8 cm³/mol. The van der Waals surface area contributed by atoms with Crippen LogP contribution in [0.15, 0.2) is 36.7 Å². The van der Waals surface area contributed by atoms with Gasteiger partial charge in [0, 0.05) is 32.9 Å². The van der Waals surface area contributed by atoms with Gasteiger partial charge in [0.2, 0.25) is 0 Å². The van der Waals surface area contributed by atoms with Crippen molar-refractivity contribution in [2.75, 3.05) is 26.0 Å². The number of anilines is 1. The lowest BCUT2D eigenvalue weighted by molar-refractivity contribution is -0.130. The average molecular weight is 302 g/mol. The summed E-state index contributed by atoms with van der Waals surface area (Å²) < 4.78 is 6.99. The zero-order valence-electron chi connectivity index (χ0n) is 12.7. The number of aryl methyl sites for hydroxylation is 1. The van der Waals surface area contributed by atoms with Crippen molar-refractivity contribution >= 4 is 17.5 Å². The number of likely N-dealkylation sites (N-methyl/N-ethyl adjacent to an activating group) is 1. The summed E-state index contributed by atoms with van der Waals surface area (Å²) in [6.07, 6.45) is 3.27. The molecule has 0 aliphatic carbocycles. The Morgan fingerprint density at radius 3 is 2.77 bits per heavy atom. The van der Waals surface area contributed by atoms with E-state index < -0.39 is 0 Å². The number of carbonyl (C=O) groups is 2. The fourth-order valence-corrected chi connectivity index (χ4v) is 1.69. The van der Waals surface area contributed by atoms with Gasteiger partial charge in [-0.2, -0.15) is 5.10 Å². The van der Waals surface area contributed by atoms with Crippen LogP contribution in [0.2, 0.25) is 0 Å². The third kappa shape index (κ3) is 4.08. The monoisotopic (exact) mass is 302 g/mol. The van der Waals surface area contributed by atoms with Gasteiger partial charge in [-0.25, -0.2) is 0 Å². The third-order valence-electron chi connectivity index (χ3n) is 2.92. The molecule has 0 spiro atoms. The van der Waals surface area contributed by atoms with E-state index in [0.29, 0.717) is 17.0 Å². The molecule has 1 aromatic heterocycles. The van der Waals surface area contributed by atoms with Gasteiger partial charge in [-0.15, -0.1) is 0 Å². The molecule has 0 atom stereocenters. The Bertz CT molecular complexity index is 679. The van der Waals surface area contributed by atoms with Crippen molar-refractivity contribution in [3.05, 3.63) is 42.2 Å². The highest BCUT2D eigenvalue weighted by atomic mass is 16.5. The zero-order chi connectivity index (χ0) is 16.1. The molecule has 7 heteroatoms. The second-order valence-electron chi connectivity index (χ2n) is 4.96. The first-order valence-electron chi connectivity index (χ1n) is 6.68. The predicted octanol–water partition coefficient (Wildman–Crippen LogP) is 1.14.